The summed E-state index contributed by atoms with van der Waals surface area (Å²) in [4.78, 5) is 8.51. The summed E-state index contributed by atoms with van der Waals surface area (Å²) in [6, 6.07) is 8.25. The standard InChI is InChI=1S/C16H22N4O/c1-4-8-12-9-6-7-10-13(12)20-16-14(21-3)15(17-5-2)18-11-19-16/h6-7,9-11H,4-5,8H2,1-3H3,(H2,17,18,19,20). The Kier molecular flexibility index (Phi) is 5.37. The van der Waals surface area contributed by atoms with Gasteiger partial charge in [0.1, 0.15) is 6.33 Å². The molecule has 1 aromatic heterocycles. The number of hydrogen-bond acceptors (Lipinski definition) is 5. The van der Waals surface area contributed by atoms with Crippen molar-refractivity contribution in [2.24, 2.45) is 0 Å². The fraction of sp³-hybridized carbons (Fsp3) is 0.375. The van der Waals surface area contributed by atoms with Gasteiger partial charge in [0.15, 0.2) is 11.6 Å². The Morgan fingerprint density at radius 1 is 1.10 bits per heavy atom. The quantitative estimate of drug-likeness (QED) is 0.814. The fourth-order valence-electron chi connectivity index (χ4n) is 2.21. The monoisotopic (exact) mass is 286 g/mol. The number of para-hydroxylation sites is 1. The van der Waals surface area contributed by atoms with E-state index in [4.69, 9.17) is 4.74 Å². The summed E-state index contributed by atoms with van der Waals surface area (Å²) >= 11 is 0. The van der Waals surface area contributed by atoms with Crippen LogP contribution in [0, 0.1) is 0 Å². The summed E-state index contributed by atoms with van der Waals surface area (Å²) in [6.07, 6.45) is 3.66. The van der Waals surface area contributed by atoms with E-state index in [2.05, 4.69) is 45.7 Å². The first-order valence-electron chi connectivity index (χ1n) is 7.27. The lowest BCUT2D eigenvalue weighted by Crippen LogP contribution is -2.06. The van der Waals surface area contributed by atoms with E-state index in [-0.39, 0.29) is 0 Å². The van der Waals surface area contributed by atoms with Crippen LogP contribution in [0.2, 0.25) is 0 Å². The van der Waals surface area contributed by atoms with Gasteiger partial charge in [-0.15, -0.1) is 0 Å². The van der Waals surface area contributed by atoms with Crippen LogP contribution in [0.5, 0.6) is 5.75 Å². The van der Waals surface area contributed by atoms with Crippen molar-refractivity contribution in [3.8, 4) is 5.75 Å². The Bertz CT molecular complexity index is 586. The van der Waals surface area contributed by atoms with Crippen molar-refractivity contribution in [3.05, 3.63) is 36.2 Å². The maximum atomic E-state index is 5.45. The van der Waals surface area contributed by atoms with Crippen LogP contribution in [-0.4, -0.2) is 23.6 Å². The molecule has 0 aliphatic rings. The average Bonchev–Trinajstić information content (AvgIpc) is 2.50. The number of ether oxygens (including phenoxy) is 1. The van der Waals surface area contributed by atoms with Crippen molar-refractivity contribution in [1.29, 1.82) is 0 Å². The van der Waals surface area contributed by atoms with Crippen molar-refractivity contribution >= 4 is 17.3 Å². The first-order valence-corrected chi connectivity index (χ1v) is 7.27. The molecule has 0 spiro atoms. The Hall–Kier alpha value is -2.30. The fourth-order valence-corrected chi connectivity index (χ4v) is 2.21. The molecule has 2 aromatic rings. The van der Waals surface area contributed by atoms with E-state index < -0.39 is 0 Å². The molecule has 21 heavy (non-hydrogen) atoms. The predicted octanol–water partition coefficient (Wildman–Crippen LogP) is 3.61. The largest absolute Gasteiger partial charge is 0.490 e. The number of rotatable bonds is 7. The van der Waals surface area contributed by atoms with Gasteiger partial charge in [0.05, 0.1) is 7.11 Å². The molecule has 0 aliphatic carbocycles. The molecular formula is C16H22N4O. The number of aromatic nitrogens is 2. The average molecular weight is 286 g/mol. The molecule has 1 heterocycles. The maximum absolute atomic E-state index is 5.45. The molecule has 1 aromatic carbocycles. The topological polar surface area (TPSA) is 59.1 Å². The van der Waals surface area contributed by atoms with Gasteiger partial charge in [0.2, 0.25) is 5.75 Å². The summed E-state index contributed by atoms with van der Waals surface area (Å²) < 4.78 is 5.45. The van der Waals surface area contributed by atoms with Crippen molar-refractivity contribution in [2.45, 2.75) is 26.7 Å². The van der Waals surface area contributed by atoms with Crippen molar-refractivity contribution < 1.29 is 4.74 Å². The summed E-state index contributed by atoms with van der Waals surface area (Å²) in [5.74, 6) is 2.00. The Morgan fingerprint density at radius 3 is 2.57 bits per heavy atom. The molecule has 0 fully saturated rings. The van der Waals surface area contributed by atoms with Gasteiger partial charge < -0.3 is 15.4 Å². The van der Waals surface area contributed by atoms with Crippen molar-refractivity contribution in [2.75, 3.05) is 24.3 Å². The molecule has 0 bridgehead atoms. The number of benzene rings is 1. The number of nitrogens with zero attached hydrogens (tertiary/aromatic N) is 2. The highest BCUT2D eigenvalue weighted by atomic mass is 16.5. The van der Waals surface area contributed by atoms with Crippen LogP contribution in [0.4, 0.5) is 17.3 Å². The highest BCUT2D eigenvalue weighted by Crippen LogP contribution is 2.32. The molecular weight excluding hydrogens is 264 g/mol. The van der Waals surface area contributed by atoms with Gasteiger partial charge in [-0.25, -0.2) is 9.97 Å². The van der Waals surface area contributed by atoms with E-state index in [1.807, 2.05) is 13.0 Å². The molecule has 0 unspecified atom stereocenters. The highest BCUT2D eigenvalue weighted by molar-refractivity contribution is 5.70. The van der Waals surface area contributed by atoms with Crippen molar-refractivity contribution in [1.82, 2.24) is 9.97 Å². The van der Waals surface area contributed by atoms with Crippen LogP contribution >= 0.6 is 0 Å². The zero-order valence-electron chi connectivity index (χ0n) is 12.8. The molecule has 0 saturated carbocycles. The van der Waals surface area contributed by atoms with Crippen LogP contribution in [0.25, 0.3) is 0 Å². The molecule has 5 nitrogen and oxygen atoms in total. The molecule has 2 rings (SSSR count). The number of aryl methyl sites for hydroxylation is 1. The van der Waals surface area contributed by atoms with E-state index in [0.717, 1.165) is 25.1 Å². The molecule has 112 valence electrons. The lowest BCUT2D eigenvalue weighted by Gasteiger charge is -2.15. The Balaban J connectivity index is 2.33. The van der Waals surface area contributed by atoms with Crippen molar-refractivity contribution in [3.63, 3.8) is 0 Å². The van der Waals surface area contributed by atoms with E-state index in [0.29, 0.717) is 17.4 Å². The zero-order chi connectivity index (χ0) is 15.1. The number of hydrogen-bond donors (Lipinski definition) is 2. The van der Waals surface area contributed by atoms with Gasteiger partial charge in [-0.3, -0.25) is 0 Å². The summed E-state index contributed by atoms with van der Waals surface area (Å²) in [7, 11) is 1.63. The number of anilines is 3. The van der Waals surface area contributed by atoms with Crippen LogP contribution < -0.4 is 15.4 Å². The van der Waals surface area contributed by atoms with E-state index in [9.17, 15) is 0 Å². The Labute approximate surface area is 125 Å². The lowest BCUT2D eigenvalue weighted by atomic mass is 10.1. The minimum atomic E-state index is 0.630. The third-order valence-electron chi connectivity index (χ3n) is 3.14. The minimum absolute atomic E-state index is 0.630. The smallest absolute Gasteiger partial charge is 0.204 e. The first kappa shape index (κ1) is 15.1. The summed E-state index contributed by atoms with van der Waals surface area (Å²) in [5.41, 5.74) is 2.32. The van der Waals surface area contributed by atoms with E-state index >= 15 is 0 Å². The van der Waals surface area contributed by atoms with Gasteiger partial charge in [-0.05, 0) is 25.0 Å². The van der Waals surface area contributed by atoms with Crippen LogP contribution in [-0.2, 0) is 6.42 Å². The second kappa shape index (κ2) is 7.47. The predicted molar refractivity (Wildman–Crippen MR) is 86.5 cm³/mol. The number of nitrogens with one attached hydrogen (secondary N) is 2. The molecule has 0 amide bonds. The SMILES string of the molecule is CCCc1ccccc1Nc1ncnc(NCC)c1OC. The molecule has 2 N–H and O–H groups in total. The van der Waals surface area contributed by atoms with Crippen LogP contribution in [0.3, 0.4) is 0 Å². The van der Waals surface area contributed by atoms with Gasteiger partial charge in [0, 0.05) is 12.2 Å². The maximum Gasteiger partial charge on any atom is 0.204 e. The van der Waals surface area contributed by atoms with E-state index in [1.54, 1.807) is 7.11 Å². The lowest BCUT2D eigenvalue weighted by molar-refractivity contribution is 0.415. The molecule has 0 radical (unpaired) electrons. The third kappa shape index (κ3) is 3.62. The second-order valence-electron chi connectivity index (χ2n) is 4.67. The minimum Gasteiger partial charge on any atom is -0.490 e. The number of methoxy groups -OCH3 is 1. The van der Waals surface area contributed by atoms with Gasteiger partial charge in [0.25, 0.3) is 0 Å². The summed E-state index contributed by atoms with van der Waals surface area (Å²) in [6.45, 7) is 4.97. The Morgan fingerprint density at radius 2 is 1.86 bits per heavy atom. The van der Waals surface area contributed by atoms with E-state index in [1.165, 1.54) is 11.9 Å². The zero-order valence-corrected chi connectivity index (χ0v) is 12.8. The third-order valence-corrected chi connectivity index (χ3v) is 3.14. The van der Waals surface area contributed by atoms with Gasteiger partial charge in [-0.2, -0.15) is 0 Å². The normalized spacial score (nSPS) is 10.2. The van der Waals surface area contributed by atoms with Crippen LogP contribution in [0.15, 0.2) is 30.6 Å². The van der Waals surface area contributed by atoms with Gasteiger partial charge >= 0.3 is 0 Å². The van der Waals surface area contributed by atoms with Gasteiger partial charge in [-0.1, -0.05) is 31.5 Å². The molecule has 0 saturated heterocycles. The van der Waals surface area contributed by atoms with Crippen LogP contribution in [0.1, 0.15) is 25.8 Å². The molecule has 0 atom stereocenters. The second-order valence-corrected chi connectivity index (χ2v) is 4.67. The summed E-state index contributed by atoms with van der Waals surface area (Å²) in [5, 5.41) is 6.54. The highest BCUT2D eigenvalue weighted by Gasteiger charge is 2.12. The molecule has 5 heteroatoms. The molecule has 0 aliphatic heterocycles. The first-order chi connectivity index (χ1) is 10.3.